The first-order valence-corrected chi connectivity index (χ1v) is 7.86. The Labute approximate surface area is 135 Å². The molecule has 0 saturated heterocycles. The third-order valence-electron chi connectivity index (χ3n) is 4.19. The molecule has 1 aromatic carbocycles. The first-order chi connectivity index (χ1) is 11.0. The fourth-order valence-electron chi connectivity index (χ4n) is 3.17. The Kier molecular flexibility index (Phi) is 3.94. The van der Waals surface area contributed by atoms with Gasteiger partial charge in [-0.1, -0.05) is 19.1 Å². The van der Waals surface area contributed by atoms with Gasteiger partial charge < -0.3 is 9.67 Å². The van der Waals surface area contributed by atoms with Gasteiger partial charge in [0.1, 0.15) is 6.54 Å². The van der Waals surface area contributed by atoms with Crippen molar-refractivity contribution < 1.29 is 9.90 Å². The Balaban J connectivity index is 2.12. The summed E-state index contributed by atoms with van der Waals surface area (Å²) < 4.78 is 3.81. The molecule has 5 nitrogen and oxygen atoms in total. The predicted octanol–water partition coefficient (Wildman–Crippen LogP) is 3.62. The van der Waals surface area contributed by atoms with E-state index < -0.39 is 5.97 Å². The summed E-state index contributed by atoms with van der Waals surface area (Å²) >= 11 is 0. The second kappa shape index (κ2) is 5.91. The first-order valence-electron chi connectivity index (χ1n) is 7.86. The van der Waals surface area contributed by atoms with Crippen molar-refractivity contribution in [2.45, 2.75) is 40.3 Å². The van der Waals surface area contributed by atoms with Crippen LogP contribution < -0.4 is 0 Å². The van der Waals surface area contributed by atoms with Gasteiger partial charge in [0, 0.05) is 29.5 Å². The zero-order valence-electron chi connectivity index (χ0n) is 13.7. The molecule has 0 spiro atoms. The van der Waals surface area contributed by atoms with Crippen molar-refractivity contribution in [3.8, 4) is 11.1 Å². The molecule has 0 radical (unpaired) electrons. The Bertz CT molecular complexity index is 874. The molecule has 0 aliphatic carbocycles. The predicted molar refractivity (Wildman–Crippen MR) is 90.6 cm³/mol. The molecule has 0 aliphatic rings. The van der Waals surface area contributed by atoms with E-state index in [1.807, 2.05) is 29.9 Å². The minimum Gasteiger partial charge on any atom is -0.480 e. The van der Waals surface area contributed by atoms with Gasteiger partial charge in [-0.05, 0) is 43.4 Å². The van der Waals surface area contributed by atoms with E-state index in [2.05, 4.69) is 31.1 Å². The molecule has 120 valence electrons. The summed E-state index contributed by atoms with van der Waals surface area (Å²) in [5.74, 6) is -0.837. The van der Waals surface area contributed by atoms with E-state index >= 15 is 0 Å². The molecule has 0 fully saturated rings. The zero-order chi connectivity index (χ0) is 16.6. The number of aliphatic carboxylic acids is 1. The van der Waals surface area contributed by atoms with Crippen LogP contribution >= 0.6 is 0 Å². The topological polar surface area (TPSA) is 60.0 Å². The number of hydrogen-bond donors (Lipinski definition) is 1. The second-order valence-corrected chi connectivity index (χ2v) is 5.88. The van der Waals surface area contributed by atoms with Crippen LogP contribution in [-0.4, -0.2) is 25.4 Å². The lowest BCUT2D eigenvalue weighted by Crippen LogP contribution is -2.07. The number of carboxylic acid groups (broad SMARTS) is 1. The number of carboxylic acids is 1. The summed E-state index contributed by atoms with van der Waals surface area (Å²) in [7, 11) is 0. The third kappa shape index (κ3) is 2.74. The lowest BCUT2D eigenvalue weighted by Gasteiger charge is -2.07. The van der Waals surface area contributed by atoms with Crippen LogP contribution in [-0.2, 0) is 17.9 Å². The van der Waals surface area contributed by atoms with Crippen molar-refractivity contribution in [1.82, 2.24) is 14.3 Å². The maximum Gasteiger partial charge on any atom is 0.323 e. The molecule has 0 bridgehead atoms. The van der Waals surface area contributed by atoms with E-state index in [-0.39, 0.29) is 6.54 Å². The van der Waals surface area contributed by atoms with Gasteiger partial charge in [0.05, 0.1) is 5.69 Å². The van der Waals surface area contributed by atoms with E-state index in [0.717, 1.165) is 46.4 Å². The number of nitrogens with zero attached hydrogens (tertiary/aromatic N) is 3. The van der Waals surface area contributed by atoms with Crippen LogP contribution in [0, 0.1) is 13.8 Å². The van der Waals surface area contributed by atoms with Gasteiger partial charge in [-0.25, -0.2) is 0 Å². The summed E-state index contributed by atoms with van der Waals surface area (Å²) in [6.45, 7) is 7.13. The quantitative estimate of drug-likeness (QED) is 0.783. The largest absolute Gasteiger partial charge is 0.480 e. The Hall–Kier alpha value is -2.56. The number of benzene rings is 1. The lowest BCUT2D eigenvalue weighted by atomic mass is 10.0. The van der Waals surface area contributed by atoms with Crippen LogP contribution in [0.3, 0.4) is 0 Å². The first kappa shape index (κ1) is 15.3. The van der Waals surface area contributed by atoms with Gasteiger partial charge in [-0.3, -0.25) is 9.48 Å². The SMILES string of the molecule is CCCn1nc(C)c(-c2ccc3ccn(CC(=O)O)c3c2)c1C. The van der Waals surface area contributed by atoms with Crippen LogP contribution in [0.1, 0.15) is 24.7 Å². The highest BCUT2D eigenvalue weighted by atomic mass is 16.4. The monoisotopic (exact) mass is 311 g/mol. The van der Waals surface area contributed by atoms with Gasteiger partial charge in [-0.15, -0.1) is 0 Å². The molecule has 3 rings (SSSR count). The van der Waals surface area contributed by atoms with Crippen LogP contribution in [0.4, 0.5) is 0 Å². The standard InChI is InChI=1S/C18H21N3O2/c1-4-8-21-13(3)18(12(2)19-21)15-6-5-14-7-9-20(11-17(22)23)16(14)10-15/h5-7,9-10H,4,8,11H2,1-3H3,(H,22,23). The Morgan fingerprint density at radius 3 is 2.74 bits per heavy atom. The summed E-state index contributed by atoms with van der Waals surface area (Å²) in [5.41, 5.74) is 5.32. The summed E-state index contributed by atoms with van der Waals surface area (Å²) in [6.07, 6.45) is 2.87. The van der Waals surface area contributed by atoms with Gasteiger partial charge >= 0.3 is 5.97 Å². The number of hydrogen-bond acceptors (Lipinski definition) is 2. The normalized spacial score (nSPS) is 11.3. The van der Waals surface area contributed by atoms with Gasteiger partial charge in [0.2, 0.25) is 0 Å². The molecular weight excluding hydrogens is 290 g/mol. The van der Waals surface area contributed by atoms with Crippen LogP contribution in [0.2, 0.25) is 0 Å². The second-order valence-electron chi connectivity index (χ2n) is 5.88. The molecular formula is C18H21N3O2. The zero-order valence-corrected chi connectivity index (χ0v) is 13.7. The number of aromatic nitrogens is 3. The molecule has 23 heavy (non-hydrogen) atoms. The van der Waals surface area contributed by atoms with Gasteiger partial charge in [0.15, 0.2) is 0 Å². The molecule has 2 aromatic heterocycles. The molecule has 0 atom stereocenters. The van der Waals surface area contributed by atoms with Crippen molar-refractivity contribution in [3.63, 3.8) is 0 Å². The maximum atomic E-state index is 11.0. The fourth-order valence-corrected chi connectivity index (χ4v) is 3.17. The number of carbonyl (C=O) groups is 1. The molecule has 2 heterocycles. The molecule has 5 heteroatoms. The maximum absolute atomic E-state index is 11.0. The molecule has 0 saturated carbocycles. The highest BCUT2D eigenvalue weighted by Crippen LogP contribution is 2.30. The van der Waals surface area contributed by atoms with Crippen LogP contribution in [0.5, 0.6) is 0 Å². The van der Waals surface area contributed by atoms with Gasteiger partial charge in [0.25, 0.3) is 0 Å². The molecule has 0 aliphatic heterocycles. The van der Waals surface area contributed by atoms with Crippen molar-refractivity contribution in [2.75, 3.05) is 0 Å². The highest BCUT2D eigenvalue weighted by Gasteiger charge is 2.14. The van der Waals surface area contributed by atoms with Crippen molar-refractivity contribution in [1.29, 1.82) is 0 Å². The summed E-state index contributed by atoms with van der Waals surface area (Å²) in [4.78, 5) is 11.0. The van der Waals surface area contributed by atoms with Crippen molar-refractivity contribution in [2.24, 2.45) is 0 Å². The van der Waals surface area contributed by atoms with E-state index in [4.69, 9.17) is 5.11 Å². The van der Waals surface area contributed by atoms with Crippen molar-refractivity contribution >= 4 is 16.9 Å². The van der Waals surface area contributed by atoms with Crippen LogP contribution in [0.25, 0.3) is 22.0 Å². The number of rotatable bonds is 5. The van der Waals surface area contributed by atoms with E-state index in [1.54, 1.807) is 4.57 Å². The number of aryl methyl sites for hydroxylation is 2. The number of fused-ring (bicyclic) bond motifs is 1. The van der Waals surface area contributed by atoms with E-state index in [9.17, 15) is 4.79 Å². The Morgan fingerprint density at radius 2 is 2.04 bits per heavy atom. The minimum atomic E-state index is -0.837. The fraction of sp³-hybridized carbons (Fsp3) is 0.333. The average molecular weight is 311 g/mol. The average Bonchev–Trinajstić information content (AvgIpc) is 3.00. The van der Waals surface area contributed by atoms with E-state index in [1.165, 1.54) is 0 Å². The molecule has 3 aromatic rings. The molecule has 0 amide bonds. The summed E-state index contributed by atoms with van der Waals surface area (Å²) in [6, 6.07) is 8.13. The highest BCUT2D eigenvalue weighted by molar-refractivity contribution is 5.87. The Morgan fingerprint density at radius 1 is 1.26 bits per heavy atom. The smallest absolute Gasteiger partial charge is 0.323 e. The minimum absolute atomic E-state index is 0.0278. The summed E-state index contributed by atoms with van der Waals surface area (Å²) in [5, 5.41) is 14.7. The van der Waals surface area contributed by atoms with E-state index in [0.29, 0.717) is 0 Å². The van der Waals surface area contributed by atoms with Gasteiger partial charge in [-0.2, -0.15) is 5.10 Å². The molecule has 0 unspecified atom stereocenters. The lowest BCUT2D eigenvalue weighted by molar-refractivity contribution is -0.137. The van der Waals surface area contributed by atoms with Crippen LogP contribution in [0.15, 0.2) is 30.5 Å². The molecule has 1 N–H and O–H groups in total. The third-order valence-corrected chi connectivity index (χ3v) is 4.19. The van der Waals surface area contributed by atoms with Crippen molar-refractivity contribution in [3.05, 3.63) is 41.9 Å².